The highest BCUT2D eigenvalue weighted by molar-refractivity contribution is 7.88. The Labute approximate surface area is 369 Å². The number of aromatic nitrogens is 4. The van der Waals surface area contributed by atoms with E-state index in [1.54, 1.807) is 24.3 Å². The first-order chi connectivity index (χ1) is 28.5. The van der Waals surface area contributed by atoms with Gasteiger partial charge in [0.05, 0.1) is 42.6 Å². The standard InChI is InChI=1S/C36H28Cl4N6O10S4/c37-17-5-7-23(21(39)11-17)45-31-19(15-55-25-13-27(57-33(25)31)59(49,50)51)29(43-45)35(47)41-9-3-1-2-4-10-42-36(48)30-20-16-56-26-14-28(60(52,53)54)58-34(26)32(20)46(44-30)24-8-6-18(38)12-22(24)40/h5-8,11-14H,1-4,9-10,15-16H2,(H,41,47)(H,42,48)(H,49,50,51)(H,52,53,54). The number of unbranched alkanes of at least 4 members (excludes halogenated alkanes) is 3. The molecule has 0 aliphatic carbocycles. The van der Waals surface area contributed by atoms with Gasteiger partial charge in [-0.2, -0.15) is 27.0 Å². The van der Waals surface area contributed by atoms with Crippen molar-refractivity contribution in [1.82, 2.24) is 30.2 Å². The predicted octanol–water partition coefficient (Wildman–Crippen LogP) is 8.13. The Kier molecular flexibility index (Phi) is 11.7. The molecule has 314 valence electrons. The topological polar surface area (TPSA) is 221 Å². The quantitative estimate of drug-likeness (QED) is 0.0637. The molecule has 6 aromatic rings. The van der Waals surface area contributed by atoms with Gasteiger partial charge in [0.1, 0.15) is 24.7 Å². The van der Waals surface area contributed by atoms with Crippen LogP contribution in [0.4, 0.5) is 0 Å². The highest BCUT2D eigenvalue weighted by Gasteiger charge is 2.35. The zero-order chi connectivity index (χ0) is 42.7. The van der Waals surface area contributed by atoms with E-state index in [0.717, 1.165) is 22.7 Å². The zero-order valence-corrected chi connectivity index (χ0v) is 36.7. The molecule has 8 rings (SSSR count). The van der Waals surface area contributed by atoms with Crippen LogP contribution in [0.5, 0.6) is 11.5 Å². The summed E-state index contributed by atoms with van der Waals surface area (Å²) < 4.78 is 80.9. The zero-order valence-electron chi connectivity index (χ0n) is 30.4. The Morgan fingerprint density at radius 2 is 1.05 bits per heavy atom. The number of amides is 2. The van der Waals surface area contributed by atoms with Crippen molar-refractivity contribution in [2.75, 3.05) is 13.1 Å². The van der Waals surface area contributed by atoms with Crippen LogP contribution in [0.1, 0.15) is 57.8 Å². The van der Waals surface area contributed by atoms with Gasteiger partial charge in [0.2, 0.25) is 0 Å². The summed E-state index contributed by atoms with van der Waals surface area (Å²) in [4.78, 5) is 27.7. The van der Waals surface area contributed by atoms with Crippen molar-refractivity contribution < 1.29 is 45.0 Å². The van der Waals surface area contributed by atoms with E-state index in [1.807, 2.05) is 0 Å². The van der Waals surface area contributed by atoms with Crippen LogP contribution in [0.15, 0.2) is 56.9 Å². The van der Waals surface area contributed by atoms with Crippen molar-refractivity contribution >= 4 is 101 Å². The molecule has 0 unspecified atom stereocenters. The first kappa shape index (κ1) is 42.5. The Morgan fingerprint density at radius 1 is 0.650 bits per heavy atom. The maximum Gasteiger partial charge on any atom is 0.304 e. The largest absolute Gasteiger partial charge is 0.487 e. The van der Waals surface area contributed by atoms with Crippen molar-refractivity contribution in [2.45, 2.75) is 47.3 Å². The maximum absolute atomic E-state index is 13.5. The molecule has 0 spiro atoms. The van der Waals surface area contributed by atoms with Crippen LogP contribution < -0.4 is 20.1 Å². The number of hydrogen-bond acceptors (Lipinski definition) is 12. The van der Waals surface area contributed by atoms with Crippen LogP contribution in [-0.4, -0.2) is 70.4 Å². The number of benzene rings is 2. The van der Waals surface area contributed by atoms with Gasteiger partial charge in [-0.15, -0.1) is 22.7 Å². The van der Waals surface area contributed by atoms with Crippen LogP contribution in [0.3, 0.4) is 0 Å². The molecular formula is C36H28Cl4N6O10S4. The molecule has 16 nitrogen and oxygen atoms in total. The lowest BCUT2D eigenvalue weighted by Gasteiger charge is -2.16. The molecule has 4 aromatic heterocycles. The predicted molar refractivity (Wildman–Crippen MR) is 225 cm³/mol. The van der Waals surface area contributed by atoms with E-state index in [9.17, 15) is 35.5 Å². The number of hydrogen-bond donors (Lipinski definition) is 4. The Hall–Kier alpha value is -4.22. The smallest absolute Gasteiger partial charge is 0.304 e. The summed E-state index contributed by atoms with van der Waals surface area (Å²) in [6.07, 6.45) is 2.60. The molecule has 6 heterocycles. The van der Waals surface area contributed by atoms with Gasteiger partial charge < -0.3 is 20.1 Å². The molecule has 0 bridgehead atoms. The van der Waals surface area contributed by atoms with Crippen molar-refractivity contribution in [2.24, 2.45) is 0 Å². The molecular weight excluding hydrogens is 947 g/mol. The Balaban J connectivity index is 0.905. The van der Waals surface area contributed by atoms with E-state index in [4.69, 9.17) is 55.9 Å². The van der Waals surface area contributed by atoms with E-state index in [2.05, 4.69) is 20.8 Å². The molecule has 2 aromatic carbocycles. The van der Waals surface area contributed by atoms with E-state index in [-0.39, 0.29) is 54.6 Å². The van der Waals surface area contributed by atoms with Crippen LogP contribution in [0.25, 0.3) is 32.5 Å². The van der Waals surface area contributed by atoms with Crippen LogP contribution >= 0.6 is 69.1 Å². The van der Waals surface area contributed by atoms with E-state index < -0.39 is 32.1 Å². The monoisotopic (exact) mass is 972 g/mol. The number of halogens is 4. The average Bonchev–Trinajstić information content (AvgIpc) is 3.98. The van der Waals surface area contributed by atoms with Gasteiger partial charge in [0.25, 0.3) is 11.8 Å². The van der Waals surface area contributed by atoms with Gasteiger partial charge in [-0.25, -0.2) is 9.36 Å². The van der Waals surface area contributed by atoms with Gasteiger partial charge >= 0.3 is 20.2 Å². The maximum atomic E-state index is 13.5. The number of nitrogens with zero attached hydrogens (tertiary/aromatic N) is 4. The molecule has 4 N–H and O–H groups in total. The third kappa shape index (κ3) is 8.25. The number of nitrogens with one attached hydrogen (secondary N) is 2. The van der Waals surface area contributed by atoms with Crippen molar-refractivity contribution in [3.8, 4) is 44.0 Å². The molecule has 2 aliphatic heterocycles. The van der Waals surface area contributed by atoms with Crippen molar-refractivity contribution in [3.63, 3.8) is 0 Å². The number of rotatable bonds is 13. The fourth-order valence-electron chi connectivity index (χ4n) is 6.64. The van der Waals surface area contributed by atoms with Gasteiger partial charge in [-0.05, 0) is 49.2 Å². The second kappa shape index (κ2) is 16.6. The van der Waals surface area contributed by atoms with E-state index >= 15 is 0 Å². The fourth-order valence-corrected chi connectivity index (χ4v) is 11.3. The number of carbonyl (C=O) groups is 2. The van der Waals surface area contributed by atoms with Gasteiger partial charge in [0.15, 0.2) is 19.8 Å². The third-order valence-corrected chi connectivity index (χ3v) is 15.3. The van der Waals surface area contributed by atoms with Gasteiger partial charge in [-0.3, -0.25) is 18.7 Å². The lowest BCUT2D eigenvalue weighted by Crippen LogP contribution is -2.27. The third-order valence-electron chi connectivity index (χ3n) is 9.38. The molecule has 24 heteroatoms. The average molecular weight is 975 g/mol. The second-order valence-electron chi connectivity index (χ2n) is 13.3. The molecule has 60 heavy (non-hydrogen) atoms. The summed E-state index contributed by atoms with van der Waals surface area (Å²) in [5, 5.41) is 16.1. The minimum Gasteiger partial charge on any atom is -0.487 e. The molecule has 0 fully saturated rings. The van der Waals surface area contributed by atoms with Crippen molar-refractivity contribution in [1.29, 1.82) is 0 Å². The molecule has 0 atom stereocenters. The highest BCUT2D eigenvalue weighted by Crippen LogP contribution is 2.49. The SMILES string of the molecule is O=C(NCCCCCCNC(=O)c1nn(-c2ccc(Cl)cc2Cl)c2c1COc1cc(S(=O)(=O)O)sc1-2)c1nn(-c2ccc(Cl)cc2Cl)c2c1COc1cc(S(=O)(=O)O)sc1-2. The van der Waals surface area contributed by atoms with Gasteiger partial charge in [0, 0.05) is 46.4 Å². The number of fused-ring (bicyclic) bond motifs is 6. The minimum absolute atomic E-state index is 0.0497. The van der Waals surface area contributed by atoms with E-state index in [0.29, 0.717) is 92.5 Å². The number of thiophene rings is 2. The van der Waals surface area contributed by atoms with Crippen LogP contribution in [0, 0.1) is 0 Å². The summed E-state index contributed by atoms with van der Waals surface area (Å²) in [5.74, 6) is -0.573. The van der Waals surface area contributed by atoms with Crippen molar-refractivity contribution in [3.05, 3.63) is 91.1 Å². The summed E-state index contributed by atoms with van der Waals surface area (Å²) in [7, 11) is -9.08. The molecule has 0 saturated heterocycles. The van der Waals surface area contributed by atoms with E-state index in [1.165, 1.54) is 33.6 Å². The second-order valence-corrected chi connectivity index (χ2v) is 20.4. The summed E-state index contributed by atoms with van der Waals surface area (Å²) in [6.45, 7) is 0.401. The lowest BCUT2D eigenvalue weighted by molar-refractivity contribution is 0.0935. The summed E-state index contributed by atoms with van der Waals surface area (Å²) >= 11 is 26.8. The molecule has 2 amide bonds. The van der Waals surface area contributed by atoms with Crippen LogP contribution in [-0.2, 0) is 33.5 Å². The summed E-state index contributed by atoms with van der Waals surface area (Å²) in [5.41, 5.74) is 2.46. The number of carbonyl (C=O) groups excluding carboxylic acids is 2. The Morgan fingerprint density at radius 3 is 1.42 bits per heavy atom. The molecule has 0 radical (unpaired) electrons. The number of ether oxygens (including phenoxy) is 2. The lowest BCUT2D eigenvalue weighted by atomic mass is 10.1. The highest BCUT2D eigenvalue weighted by atomic mass is 35.5. The first-order valence-corrected chi connectivity index (χ1v) is 23.7. The Bertz CT molecular complexity index is 2760. The minimum atomic E-state index is -4.54. The van der Waals surface area contributed by atoms with Crippen LogP contribution in [0.2, 0.25) is 20.1 Å². The summed E-state index contributed by atoms with van der Waals surface area (Å²) in [6, 6.07) is 11.9. The first-order valence-electron chi connectivity index (χ1n) is 17.7. The molecule has 2 aliphatic rings. The van der Waals surface area contributed by atoms with Gasteiger partial charge in [-0.1, -0.05) is 59.2 Å². The molecule has 0 saturated carbocycles. The normalized spacial score (nSPS) is 13.1. The fraction of sp³-hybridized carbons (Fsp3) is 0.222.